The van der Waals surface area contributed by atoms with Crippen LogP contribution in [0, 0.1) is 0 Å². The van der Waals surface area contributed by atoms with E-state index in [0.29, 0.717) is 5.92 Å². The number of hydrogen-bond donors (Lipinski definition) is 1. The van der Waals surface area contributed by atoms with Crippen molar-refractivity contribution in [1.82, 2.24) is 4.98 Å². The minimum atomic E-state index is -0.773. The lowest BCUT2D eigenvalue weighted by Crippen LogP contribution is -2.17. The van der Waals surface area contributed by atoms with Crippen molar-refractivity contribution in [3.8, 4) is 0 Å². The monoisotopic (exact) mass is 191 g/mol. The smallest absolute Gasteiger partial charge is 0.0855 e. The van der Waals surface area contributed by atoms with Crippen LogP contribution in [-0.2, 0) is 5.60 Å². The van der Waals surface area contributed by atoms with E-state index in [-0.39, 0.29) is 0 Å². The molecule has 2 rings (SSSR count). The minimum Gasteiger partial charge on any atom is -0.386 e. The van der Waals surface area contributed by atoms with Gasteiger partial charge in [0.25, 0.3) is 0 Å². The van der Waals surface area contributed by atoms with Crippen LogP contribution in [0.2, 0.25) is 0 Å². The van der Waals surface area contributed by atoms with E-state index in [0.717, 1.165) is 5.56 Å². The quantitative estimate of drug-likeness (QED) is 0.779. The molecule has 0 aliphatic heterocycles. The summed E-state index contributed by atoms with van der Waals surface area (Å²) in [6, 6.07) is 4.04. The van der Waals surface area contributed by atoms with Crippen LogP contribution in [0.25, 0.3) is 0 Å². The second kappa shape index (κ2) is 3.35. The lowest BCUT2D eigenvalue weighted by atomic mass is 9.82. The Labute approximate surface area is 85.0 Å². The molecular weight excluding hydrogens is 174 g/mol. The lowest BCUT2D eigenvalue weighted by molar-refractivity contribution is 0.0781. The van der Waals surface area contributed by atoms with E-state index in [4.69, 9.17) is 0 Å². The highest BCUT2D eigenvalue weighted by Gasteiger charge is 2.22. The molecule has 0 aromatic carbocycles. The van der Waals surface area contributed by atoms with Crippen molar-refractivity contribution in [2.24, 2.45) is 0 Å². The van der Waals surface area contributed by atoms with Crippen molar-refractivity contribution >= 4 is 0 Å². The standard InChI is InChI=1S/C12H17NO/c1-12(2,14)10-6-7-11(13-8-10)9-4-3-5-9/h6-9,14H,3-5H2,1-2H3. The molecule has 0 bridgehead atoms. The predicted octanol–water partition coefficient (Wildman–Crippen LogP) is 2.58. The molecule has 0 radical (unpaired) electrons. The van der Waals surface area contributed by atoms with Gasteiger partial charge in [0.2, 0.25) is 0 Å². The molecule has 76 valence electrons. The molecule has 0 unspecified atom stereocenters. The number of aromatic nitrogens is 1. The molecule has 1 aliphatic rings. The molecule has 1 saturated carbocycles. The summed E-state index contributed by atoms with van der Waals surface area (Å²) in [5, 5.41) is 9.75. The second-order valence-electron chi connectivity index (χ2n) is 4.66. The highest BCUT2D eigenvalue weighted by Crippen LogP contribution is 2.35. The van der Waals surface area contributed by atoms with Gasteiger partial charge in [-0.05, 0) is 32.8 Å². The molecule has 1 N–H and O–H groups in total. The van der Waals surface area contributed by atoms with Gasteiger partial charge in [-0.2, -0.15) is 0 Å². The van der Waals surface area contributed by atoms with Crippen LogP contribution in [0.4, 0.5) is 0 Å². The average Bonchev–Trinajstić information content (AvgIpc) is 2.00. The van der Waals surface area contributed by atoms with Gasteiger partial charge in [-0.3, -0.25) is 4.98 Å². The van der Waals surface area contributed by atoms with Crippen LogP contribution >= 0.6 is 0 Å². The molecule has 0 amide bonds. The van der Waals surface area contributed by atoms with Crippen molar-refractivity contribution in [2.75, 3.05) is 0 Å². The molecule has 0 atom stereocenters. The van der Waals surface area contributed by atoms with E-state index in [1.54, 1.807) is 20.0 Å². The van der Waals surface area contributed by atoms with Crippen molar-refractivity contribution in [1.29, 1.82) is 0 Å². The second-order valence-corrected chi connectivity index (χ2v) is 4.66. The van der Waals surface area contributed by atoms with E-state index in [1.807, 2.05) is 6.07 Å². The SMILES string of the molecule is CC(C)(O)c1ccc(C2CCC2)nc1. The Hall–Kier alpha value is -0.890. The molecule has 2 heteroatoms. The van der Waals surface area contributed by atoms with Crippen LogP contribution in [0.1, 0.15) is 50.3 Å². The summed E-state index contributed by atoms with van der Waals surface area (Å²) in [4.78, 5) is 4.41. The molecule has 1 aromatic heterocycles. The van der Waals surface area contributed by atoms with Crippen molar-refractivity contribution in [3.05, 3.63) is 29.6 Å². The van der Waals surface area contributed by atoms with Gasteiger partial charge >= 0.3 is 0 Å². The van der Waals surface area contributed by atoms with Gasteiger partial charge in [0, 0.05) is 23.4 Å². The molecule has 1 aromatic rings. The molecule has 2 nitrogen and oxygen atoms in total. The van der Waals surface area contributed by atoms with E-state index in [2.05, 4.69) is 11.1 Å². The third-order valence-electron chi connectivity index (χ3n) is 3.02. The largest absolute Gasteiger partial charge is 0.386 e. The zero-order valence-corrected chi connectivity index (χ0v) is 8.83. The third-order valence-corrected chi connectivity index (χ3v) is 3.02. The number of nitrogens with zero attached hydrogens (tertiary/aromatic N) is 1. The molecule has 1 aliphatic carbocycles. The Morgan fingerprint density at radius 2 is 2.07 bits per heavy atom. The first-order valence-corrected chi connectivity index (χ1v) is 5.26. The first kappa shape index (κ1) is 9.66. The molecular formula is C12H17NO. The first-order valence-electron chi connectivity index (χ1n) is 5.26. The molecule has 14 heavy (non-hydrogen) atoms. The van der Waals surface area contributed by atoms with Gasteiger partial charge < -0.3 is 5.11 Å². The minimum absolute atomic E-state index is 0.672. The van der Waals surface area contributed by atoms with Crippen molar-refractivity contribution < 1.29 is 5.11 Å². The van der Waals surface area contributed by atoms with Gasteiger partial charge in [-0.1, -0.05) is 12.5 Å². The maximum atomic E-state index is 9.75. The Kier molecular flexibility index (Phi) is 2.31. The number of rotatable bonds is 2. The maximum absolute atomic E-state index is 9.75. The Bertz CT molecular complexity index is 306. The Morgan fingerprint density at radius 1 is 1.36 bits per heavy atom. The number of pyridine rings is 1. The fourth-order valence-corrected chi connectivity index (χ4v) is 1.71. The van der Waals surface area contributed by atoms with Crippen molar-refractivity contribution in [3.63, 3.8) is 0 Å². The maximum Gasteiger partial charge on any atom is 0.0855 e. The van der Waals surface area contributed by atoms with E-state index in [9.17, 15) is 5.11 Å². The van der Waals surface area contributed by atoms with E-state index < -0.39 is 5.60 Å². The van der Waals surface area contributed by atoms with Crippen LogP contribution in [0.5, 0.6) is 0 Å². The molecule has 0 spiro atoms. The summed E-state index contributed by atoms with van der Waals surface area (Å²) in [5.74, 6) is 0.672. The van der Waals surface area contributed by atoms with Crippen LogP contribution in [-0.4, -0.2) is 10.1 Å². The van der Waals surface area contributed by atoms with Crippen LogP contribution in [0.15, 0.2) is 18.3 Å². The number of aliphatic hydroxyl groups is 1. The zero-order valence-electron chi connectivity index (χ0n) is 8.83. The van der Waals surface area contributed by atoms with Crippen LogP contribution in [0.3, 0.4) is 0 Å². The zero-order chi connectivity index (χ0) is 10.2. The van der Waals surface area contributed by atoms with Gasteiger partial charge in [-0.15, -0.1) is 0 Å². The normalized spacial score (nSPS) is 17.9. The van der Waals surface area contributed by atoms with Crippen LogP contribution < -0.4 is 0 Å². The summed E-state index contributed by atoms with van der Waals surface area (Å²) in [7, 11) is 0. The molecule has 1 heterocycles. The fraction of sp³-hybridized carbons (Fsp3) is 0.583. The highest BCUT2D eigenvalue weighted by atomic mass is 16.3. The lowest BCUT2D eigenvalue weighted by Gasteiger charge is -2.25. The topological polar surface area (TPSA) is 33.1 Å². The van der Waals surface area contributed by atoms with Gasteiger partial charge in [0.15, 0.2) is 0 Å². The number of hydrogen-bond acceptors (Lipinski definition) is 2. The van der Waals surface area contributed by atoms with E-state index in [1.165, 1.54) is 25.0 Å². The Morgan fingerprint density at radius 3 is 2.43 bits per heavy atom. The van der Waals surface area contributed by atoms with Crippen molar-refractivity contribution in [2.45, 2.75) is 44.6 Å². The Balaban J connectivity index is 2.17. The van der Waals surface area contributed by atoms with Gasteiger partial charge in [0.05, 0.1) is 5.60 Å². The summed E-state index contributed by atoms with van der Waals surface area (Å²) in [5.41, 5.74) is 1.30. The summed E-state index contributed by atoms with van der Waals surface area (Å²) < 4.78 is 0. The fourth-order valence-electron chi connectivity index (χ4n) is 1.71. The summed E-state index contributed by atoms with van der Waals surface area (Å²) >= 11 is 0. The van der Waals surface area contributed by atoms with Gasteiger partial charge in [0.1, 0.15) is 0 Å². The summed E-state index contributed by atoms with van der Waals surface area (Å²) in [6.45, 7) is 3.57. The summed E-state index contributed by atoms with van der Waals surface area (Å²) in [6.07, 6.45) is 5.68. The van der Waals surface area contributed by atoms with Gasteiger partial charge in [-0.25, -0.2) is 0 Å². The molecule has 0 saturated heterocycles. The average molecular weight is 191 g/mol. The predicted molar refractivity (Wildman–Crippen MR) is 56.1 cm³/mol. The van der Waals surface area contributed by atoms with E-state index >= 15 is 0 Å². The highest BCUT2D eigenvalue weighted by molar-refractivity contribution is 5.22. The molecule has 1 fully saturated rings. The third kappa shape index (κ3) is 1.80. The first-order chi connectivity index (χ1) is 6.57.